The molecule has 2 aromatic heterocycles. The first-order chi connectivity index (χ1) is 13.5. The highest BCUT2D eigenvalue weighted by Gasteiger charge is 2.19. The van der Waals surface area contributed by atoms with Crippen molar-refractivity contribution in [1.82, 2.24) is 19.7 Å². The second-order valence-corrected chi connectivity index (χ2v) is 8.67. The predicted molar refractivity (Wildman–Crippen MR) is 107 cm³/mol. The Hall–Kier alpha value is -2.94. The number of sulfonamides is 1. The molecule has 3 heterocycles. The van der Waals surface area contributed by atoms with Crippen LogP contribution in [0.1, 0.15) is 19.8 Å². The molecule has 0 unspecified atom stereocenters. The Labute approximate surface area is 164 Å². The van der Waals surface area contributed by atoms with Gasteiger partial charge in [-0.15, -0.1) is 0 Å². The van der Waals surface area contributed by atoms with Crippen molar-refractivity contribution in [3.63, 3.8) is 0 Å². The lowest BCUT2D eigenvalue weighted by Crippen LogP contribution is -2.34. The molecule has 1 N–H and O–H groups in total. The molecule has 28 heavy (non-hydrogen) atoms. The molecule has 3 aromatic rings. The van der Waals surface area contributed by atoms with E-state index in [2.05, 4.69) is 31.6 Å². The molecule has 1 fully saturated rings. The van der Waals surface area contributed by atoms with Crippen molar-refractivity contribution in [2.75, 3.05) is 22.7 Å². The highest BCUT2D eigenvalue weighted by atomic mass is 32.2. The van der Waals surface area contributed by atoms with Gasteiger partial charge in [0.05, 0.1) is 28.7 Å². The molecule has 9 heteroatoms. The van der Waals surface area contributed by atoms with Gasteiger partial charge in [-0.2, -0.15) is 5.10 Å². The SMILES string of the molecule is CC1CCN(c2ncc(NS(=O)(=O)c3ccc(-n4cccn4)cc3)cn2)CC1. The van der Waals surface area contributed by atoms with Crippen molar-refractivity contribution in [3.05, 3.63) is 55.1 Å². The summed E-state index contributed by atoms with van der Waals surface area (Å²) in [6, 6.07) is 8.31. The van der Waals surface area contributed by atoms with E-state index in [4.69, 9.17) is 0 Å². The monoisotopic (exact) mass is 398 g/mol. The van der Waals surface area contributed by atoms with E-state index in [9.17, 15) is 8.42 Å². The number of nitrogens with one attached hydrogen (secondary N) is 1. The molecular weight excluding hydrogens is 376 g/mol. The lowest BCUT2D eigenvalue weighted by atomic mass is 10.00. The van der Waals surface area contributed by atoms with Crippen LogP contribution in [0.25, 0.3) is 5.69 Å². The molecule has 0 aliphatic carbocycles. The van der Waals surface area contributed by atoms with Crippen LogP contribution in [-0.4, -0.2) is 41.3 Å². The van der Waals surface area contributed by atoms with Crippen LogP contribution in [0.5, 0.6) is 0 Å². The Balaban J connectivity index is 1.45. The molecule has 1 aliphatic rings. The third-order valence-corrected chi connectivity index (χ3v) is 6.27. The van der Waals surface area contributed by atoms with Gasteiger partial charge >= 0.3 is 0 Å². The average Bonchev–Trinajstić information content (AvgIpc) is 3.24. The summed E-state index contributed by atoms with van der Waals surface area (Å²) in [5, 5.41) is 4.13. The smallest absolute Gasteiger partial charge is 0.261 e. The van der Waals surface area contributed by atoms with E-state index < -0.39 is 10.0 Å². The minimum atomic E-state index is -3.72. The quantitative estimate of drug-likeness (QED) is 0.710. The van der Waals surface area contributed by atoms with Crippen molar-refractivity contribution in [2.24, 2.45) is 5.92 Å². The maximum absolute atomic E-state index is 12.6. The highest BCUT2D eigenvalue weighted by molar-refractivity contribution is 7.92. The first-order valence-corrected chi connectivity index (χ1v) is 10.7. The van der Waals surface area contributed by atoms with E-state index in [0.717, 1.165) is 37.5 Å². The summed E-state index contributed by atoms with van der Waals surface area (Å²) in [6.07, 6.45) is 8.72. The molecule has 0 saturated carbocycles. The van der Waals surface area contributed by atoms with Gasteiger partial charge in [0, 0.05) is 25.5 Å². The zero-order valence-electron chi connectivity index (χ0n) is 15.6. The second kappa shape index (κ2) is 7.59. The maximum Gasteiger partial charge on any atom is 0.261 e. The van der Waals surface area contributed by atoms with E-state index in [0.29, 0.717) is 11.6 Å². The number of hydrogen-bond donors (Lipinski definition) is 1. The summed E-state index contributed by atoms with van der Waals surface area (Å²) in [4.78, 5) is 11.0. The van der Waals surface area contributed by atoms with Crippen molar-refractivity contribution in [3.8, 4) is 5.69 Å². The fourth-order valence-corrected chi connectivity index (χ4v) is 4.19. The van der Waals surface area contributed by atoms with Gasteiger partial charge < -0.3 is 4.90 Å². The van der Waals surface area contributed by atoms with Crippen LogP contribution in [0.3, 0.4) is 0 Å². The molecular formula is C19H22N6O2S. The Morgan fingerprint density at radius 2 is 1.75 bits per heavy atom. The summed E-state index contributed by atoms with van der Waals surface area (Å²) in [5.74, 6) is 1.36. The lowest BCUT2D eigenvalue weighted by Gasteiger charge is -2.30. The van der Waals surface area contributed by atoms with Gasteiger partial charge in [0.15, 0.2) is 0 Å². The third-order valence-electron chi connectivity index (χ3n) is 4.87. The number of nitrogens with zero attached hydrogens (tertiary/aromatic N) is 5. The summed E-state index contributed by atoms with van der Waals surface area (Å²) in [6.45, 7) is 4.10. The van der Waals surface area contributed by atoms with Gasteiger partial charge in [-0.1, -0.05) is 6.92 Å². The largest absolute Gasteiger partial charge is 0.341 e. The van der Waals surface area contributed by atoms with Gasteiger partial charge in [-0.05, 0) is 49.1 Å². The van der Waals surface area contributed by atoms with Crippen LogP contribution in [0.4, 0.5) is 11.6 Å². The molecule has 0 atom stereocenters. The van der Waals surface area contributed by atoms with Crippen molar-refractivity contribution in [2.45, 2.75) is 24.7 Å². The molecule has 8 nitrogen and oxygen atoms in total. The summed E-state index contributed by atoms with van der Waals surface area (Å²) >= 11 is 0. The standard InChI is InChI=1S/C19H22N6O2S/c1-15-7-11-24(12-8-15)19-20-13-16(14-21-19)23-28(26,27)18-5-3-17(4-6-18)25-10-2-9-22-25/h2-6,9-10,13-15,23H,7-8,11-12H2,1H3. The molecule has 0 radical (unpaired) electrons. The minimum Gasteiger partial charge on any atom is -0.341 e. The summed E-state index contributed by atoms with van der Waals surface area (Å²) < 4.78 is 29.4. The van der Waals surface area contributed by atoms with E-state index in [1.165, 1.54) is 12.4 Å². The number of hydrogen-bond acceptors (Lipinski definition) is 6. The predicted octanol–water partition coefficient (Wildman–Crippen LogP) is 2.70. The number of anilines is 2. The molecule has 0 amide bonds. The molecule has 1 aromatic carbocycles. The summed E-state index contributed by atoms with van der Waals surface area (Å²) in [5.41, 5.74) is 1.12. The van der Waals surface area contributed by atoms with Crippen LogP contribution in [0.15, 0.2) is 60.0 Å². The Morgan fingerprint density at radius 1 is 1.07 bits per heavy atom. The van der Waals surface area contributed by atoms with Gasteiger partial charge in [0.1, 0.15) is 0 Å². The zero-order valence-corrected chi connectivity index (χ0v) is 16.4. The number of aromatic nitrogens is 4. The first kappa shape index (κ1) is 18.4. The normalized spacial score (nSPS) is 15.5. The number of rotatable bonds is 5. The van der Waals surface area contributed by atoms with Crippen molar-refractivity contribution in [1.29, 1.82) is 0 Å². The Kier molecular flexibility index (Phi) is 4.99. The molecule has 0 spiro atoms. The first-order valence-electron chi connectivity index (χ1n) is 9.21. The number of benzene rings is 1. The Morgan fingerprint density at radius 3 is 2.36 bits per heavy atom. The second-order valence-electron chi connectivity index (χ2n) is 6.99. The van der Waals surface area contributed by atoms with Crippen LogP contribution < -0.4 is 9.62 Å². The van der Waals surface area contributed by atoms with Gasteiger partial charge in [-0.3, -0.25) is 4.72 Å². The lowest BCUT2D eigenvalue weighted by molar-refractivity contribution is 0.434. The van der Waals surface area contributed by atoms with Crippen LogP contribution in [0.2, 0.25) is 0 Å². The van der Waals surface area contributed by atoms with Gasteiger partial charge in [0.25, 0.3) is 10.0 Å². The fourth-order valence-electron chi connectivity index (χ4n) is 3.16. The maximum atomic E-state index is 12.6. The summed E-state index contributed by atoms with van der Waals surface area (Å²) in [7, 11) is -3.72. The average molecular weight is 398 g/mol. The van der Waals surface area contributed by atoms with Gasteiger partial charge in [0.2, 0.25) is 5.95 Å². The van der Waals surface area contributed by atoms with Crippen LogP contribution >= 0.6 is 0 Å². The topological polar surface area (TPSA) is 93.0 Å². The van der Waals surface area contributed by atoms with E-state index >= 15 is 0 Å². The minimum absolute atomic E-state index is 0.164. The number of piperidine rings is 1. The zero-order chi connectivity index (χ0) is 19.6. The highest BCUT2D eigenvalue weighted by Crippen LogP contribution is 2.21. The van der Waals surface area contributed by atoms with Crippen LogP contribution in [0, 0.1) is 5.92 Å². The Bertz CT molecular complexity index is 1010. The molecule has 146 valence electrons. The molecule has 4 rings (SSSR count). The van der Waals surface area contributed by atoms with Gasteiger partial charge in [-0.25, -0.2) is 23.1 Å². The van der Waals surface area contributed by atoms with Crippen LogP contribution in [-0.2, 0) is 10.0 Å². The van der Waals surface area contributed by atoms with Crippen molar-refractivity contribution < 1.29 is 8.42 Å². The van der Waals surface area contributed by atoms with Crippen molar-refractivity contribution >= 4 is 21.7 Å². The van der Waals surface area contributed by atoms with E-state index in [1.807, 2.05) is 0 Å². The molecule has 0 bridgehead atoms. The van der Waals surface area contributed by atoms with E-state index in [-0.39, 0.29) is 4.90 Å². The molecule has 1 aliphatic heterocycles. The molecule has 1 saturated heterocycles. The fraction of sp³-hybridized carbons (Fsp3) is 0.316. The third kappa shape index (κ3) is 3.99. The van der Waals surface area contributed by atoms with E-state index in [1.54, 1.807) is 47.4 Å².